The Balaban J connectivity index is 0.000000941. The highest BCUT2D eigenvalue weighted by molar-refractivity contribution is 6.34. The lowest BCUT2D eigenvalue weighted by molar-refractivity contribution is -0.122. The summed E-state index contributed by atoms with van der Waals surface area (Å²) >= 11 is 6.10. The summed E-state index contributed by atoms with van der Waals surface area (Å²) in [6.07, 6.45) is 2.15. The third-order valence-corrected chi connectivity index (χ3v) is 5.60. The first kappa shape index (κ1) is 23.5. The van der Waals surface area contributed by atoms with E-state index in [-0.39, 0.29) is 23.2 Å². The van der Waals surface area contributed by atoms with E-state index in [2.05, 4.69) is 10.2 Å². The number of carbonyl (C=O) groups is 2. The fraction of sp³-hybridized carbons (Fsp3) is 0.600. The molecule has 2 aliphatic rings. The molecular weight excluding hydrogens is 403 g/mol. The van der Waals surface area contributed by atoms with Crippen LogP contribution in [0.4, 0.5) is 4.39 Å². The summed E-state index contributed by atoms with van der Waals surface area (Å²) < 4.78 is 25.1. The molecule has 162 valence electrons. The fourth-order valence-electron chi connectivity index (χ4n) is 3.49. The number of nitrogens with zero attached hydrogens (tertiary/aromatic N) is 1. The van der Waals surface area contributed by atoms with Crippen molar-refractivity contribution in [1.29, 1.82) is 0 Å². The van der Waals surface area contributed by atoms with Crippen molar-refractivity contribution in [1.82, 2.24) is 10.2 Å². The lowest BCUT2D eigenvalue weighted by Gasteiger charge is -2.35. The molecule has 7 nitrogen and oxygen atoms in total. The minimum absolute atomic E-state index is 0.0569. The maximum absolute atomic E-state index is 13.9. The highest BCUT2D eigenvalue weighted by Gasteiger charge is 2.24. The smallest absolute Gasteiger partial charge is 0.290 e. The molecule has 3 rings (SSSR count). The Kier molecular flexibility index (Phi) is 9.80. The van der Waals surface area contributed by atoms with Crippen LogP contribution >= 0.6 is 11.6 Å². The molecule has 0 spiro atoms. The van der Waals surface area contributed by atoms with Gasteiger partial charge in [-0.3, -0.25) is 9.59 Å². The maximum Gasteiger partial charge on any atom is 0.290 e. The molecule has 29 heavy (non-hydrogen) atoms. The molecule has 1 amide bonds. The molecule has 0 saturated carbocycles. The number of carbonyl (C=O) groups excluding carboxylic acids is 1. The number of rotatable bonds is 5. The predicted molar refractivity (Wildman–Crippen MR) is 107 cm³/mol. The zero-order chi connectivity index (χ0) is 21.2. The van der Waals surface area contributed by atoms with Gasteiger partial charge in [0.15, 0.2) is 0 Å². The van der Waals surface area contributed by atoms with E-state index in [1.807, 2.05) is 0 Å². The summed E-state index contributed by atoms with van der Waals surface area (Å²) in [4.78, 5) is 23.1. The van der Waals surface area contributed by atoms with Gasteiger partial charge in [0.25, 0.3) is 12.4 Å². The van der Waals surface area contributed by atoms with Crippen LogP contribution in [0.15, 0.2) is 12.1 Å². The second-order valence-corrected chi connectivity index (χ2v) is 7.56. The average Bonchev–Trinajstić information content (AvgIpc) is 2.72. The van der Waals surface area contributed by atoms with Gasteiger partial charge in [0.2, 0.25) is 0 Å². The number of aryl methyl sites for hydroxylation is 1. The monoisotopic (exact) mass is 430 g/mol. The average molecular weight is 431 g/mol. The molecule has 1 aromatic carbocycles. The number of piperidine rings is 1. The number of benzene rings is 1. The fourth-order valence-corrected chi connectivity index (χ4v) is 3.73. The Morgan fingerprint density at radius 1 is 1.38 bits per heavy atom. The van der Waals surface area contributed by atoms with Gasteiger partial charge in [-0.25, -0.2) is 4.39 Å². The third kappa shape index (κ3) is 7.22. The Morgan fingerprint density at radius 2 is 2.07 bits per heavy atom. The van der Waals surface area contributed by atoms with Crippen LogP contribution in [0.5, 0.6) is 0 Å². The van der Waals surface area contributed by atoms with Gasteiger partial charge in [0.05, 0.1) is 36.5 Å². The number of nitrogens with one attached hydrogen (secondary N) is 1. The molecule has 9 heteroatoms. The van der Waals surface area contributed by atoms with Crippen molar-refractivity contribution in [2.75, 3.05) is 46.0 Å². The zero-order valence-electron chi connectivity index (χ0n) is 16.5. The number of hydrogen-bond donors (Lipinski definition) is 2. The van der Waals surface area contributed by atoms with Crippen LogP contribution in [0.1, 0.15) is 28.8 Å². The highest BCUT2D eigenvalue weighted by atomic mass is 35.5. The second-order valence-electron chi connectivity index (χ2n) is 7.18. The Morgan fingerprint density at radius 3 is 2.69 bits per heavy atom. The molecule has 1 atom stereocenters. The van der Waals surface area contributed by atoms with E-state index in [1.54, 1.807) is 13.0 Å². The van der Waals surface area contributed by atoms with Gasteiger partial charge in [-0.2, -0.15) is 0 Å². The van der Waals surface area contributed by atoms with Crippen LogP contribution in [0.3, 0.4) is 0 Å². The van der Waals surface area contributed by atoms with E-state index in [0.717, 1.165) is 32.5 Å². The van der Waals surface area contributed by atoms with E-state index in [0.29, 0.717) is 37.8 Å². The summed E-state index contributed by atoms with van der Waals surface area (Å²) in [5.41, 5.74) is 0.638. The minimum Gasteiger partial charge on any atom is -0.483 e. The van der Waals surface area contributed by atoms with E-state index in [4.69, 9.17) is 31.0 Å². The highest BCUT2D eigenvalue weighted by Crippen LogP contribution is 2.24. The van der Waals surface area contributed by atoms with Crippen LogP contribution in [0, 0.1) is 18.7 Å². The van der Waals surface area contributed by atoms with Gasteiger partial charge in [-0.05, 0) is 50.4 Å². The molecule has 2 N–H and O–H groups in total. The molecule has 2 heterocycles. The van der Waals surface area contributed by atoms with Crippen molar-refractivity contribution in [3.05, 3.63) is 34.1 Å². The van der Waals surface area contributed by atoms with Crippen LogP contribution in [-0.2, 0) is 14.3 Å². The molecule has 0 aliphatic carbocycles. The van der Waals surface area contributed by atoms with Crippen molar-refractivity contribution in [3.63, 3.8) is 0 Å². The SMILES string of the molecule is Cc1ccc(F)c(C(=O)NCC2CCN(CC3COCCO3)CC2)c1Cl.O=CO. The zero-order valence-corrected chi connectivity index (χ0v) is 17.3. The summed E-state index contributed by atoms with van der Waals surface area (Å²) in [6.45, 7) is 6.91. The van der Waals surface area contributed by atoms with E-state index >= 15 is 0 Å². The van der Waals surface area contributed by atoms with Gasteiger partial charge in [-0.15, -0.1) is 0 Å². The third-order valence-electron chi connectivity index (χ3n) is 5.12. The summed E-state index contributed by atoms with van der Waals surface area (Å²) in [6, 6.07) is 2.86. The van der Waals surface area contributed by atoms with E-state index in [9.17, 15) is 9.18 Å². The first-order valence-corrected chi connectivity index (χ1v) is 10.1. The summed E-state index contributed by atoms with van der Waals surface area (Å²) in [7, 11) is 0. The normalized spacial score (nSPS) is 20.4. The lowest BCUT2D eigenvalue weighted by Crippen LogP contribution is -2.44. The van der Waals surface area contributed by atoms with Gasteiger partial charge in [0, 0.05) is 13.1 Å². The Hall–Kier alpha value is -1.74. The van der Waals surface area contributed by atoms with Crippen molar-refractivity contribution in [2.24, 2.45) is 5.92 Å². The number of halogens is 2. The van der Waals surface area contributed by atoms with E-state index in [1.165, 1.54) is 6.07 Å². The van der Waals surface area contributed by atoms with Crippen LogP contribution < -0.4 is 5.32 Å². The van der Waals surface area contributed by atoms with Gasteiger partial charge < -0.3 is 24.8 Å². The molecule has 1 aromatic rings. The molecule has 1 unspecified atom stereocenters. The van der Waals surface area contributed by atoms with Gasteiger partial charge in [-0.1, -0.05) is 17.7 Å². The van der Waals surface area contributed by atoms with Crippen LogP contribution in [0.25, 0.3) is 0 Å². The molecule has 0 aromatic heterocycles. The summed E-state index contributed by atoms with van der Waals surface area (Å²) in [5.74, 6) is -0.626. The van der Waals surface area contributed by atoms with Crippen molar-refractivity contribution in [2.45, 2.75) is 25.9 Å². The molecule has 0 radical (unpaired) electrons. The number of hydrogen-bond acceptors (Lipinski definition) is 5. The molecular formula is C20H28ClFN2O5. The Labute approximate surface area is 175 Å². The van der Waals surface area contributed by atoms with Crippen LogP contribution in [0.2, 0.25) is 5.02 Å². The number of likely N-dealkylation sites (tertiary alicyclic amines) is 1. The Bertz CT molecular complexity index is 677. The maximum atomic E-state index is 13.9. The quantitative estimate of drug-likeness (QED) is 0.697. The van der Waals surface area contributed by atoms with Crippen molar-refractivity contribution >= 4 is 24.0 Å². The number of ether oxygens (including phenoxy) is 2. The molecule has 2 fully saturated rings. The first-order valence-electron chi connectivity index (χ1n) is 9.68. The first-order chi connectivity index (χ1) is 14.0. The van der Waals surface area contributed by atoms with Crippen molar-refractivity contribution < 1.29 is 28.6 Å². The minimum atomic E-state index is -0.581. The number of amides is 1. The molecule has 0 bridgehead atoms. The standard InChI is InChI=1S/C19H26ClFN2O3.CH2O2/c1-13-2-3-16(21)17(18(13)20)19(24)22-10-14-4-6-23(7-5-14)11-15-12-25-8-9-26-15;2-1-3/h2-3,14-15H,4-12H2,1H3,(H,22,24);1H,(H,2,3). The lowest BCUT2D eigenvalue weighted by atomic mass is 9.96. The van der Waals surface area contributed by atoms with Gasteiger partial charge >= 0.3 is 0 Å². The summed E-state index contributed by atoms with van der Waals surface area (Å²) in [5, 5.41) is 9.92. The largest absolute Gasteiger partial charge is 0.483 e. The van der Waals surface area contributed by atoms with Crippen LogP contribution in [-0.4, -0.2) is 74.5 Å². The second kappa shape index (κ2) is 12.1. The topological polar surface area (TPSA) is 88.1 Å². The van der Waals surface area contributed by atoms with Gasteiger partial charge in [0.1, 0.15) is 5.82 Å². The van der Waals surface area contributed by atoms with Crippen molar-refractivity contribution in [3.8, 4) is 0 Å². The molecule has 2 aliphatic heterocycles. The predicted octanol–water partition coefficient (Wildman–Crippen LogP) is 2.35. The molecule has 2 saturated heterocycles. The van der Waals surface area contributed by atoms with E-state index < -0.39 is 11.7 Å². The number of carboxylic acid groups (broad SMARTS) is 1.